The van der Waals surface area contributed by atoms with Gasteiger partial charge < -0.3 is 40.3 Å². The van der Waals surface area contributed by atoms with Crippen LogP contribution in [0.25, 0.3) is 64.0 Å². The number of nitrogens with zero attached hydrogens (tertiary/aromatic N) is 6. The number of phosphoric acid groups is 1. The van der Waals surface area contributed by atoms with Crippen molar-refractivity contribution in [2.75, 3.05) is 54.9 Å². The first kappa shape index (κ1) is 81.6. The molecule has 109 heavy (non-hydrogen) atoms. The van der Waals surface area contributed by atoms with E-state index >= 15 is 0 Å². The third-order valence-electron chi connectivity index (χ3n) is 15.2. The number of nitro groups is 3. The van der Waals surface area contributed by atoms with E-state index in [0.29, 0.717) is 112 Å². The van der Waals surface area contributed by atoms with Crippen molar-refractivity contribution in [3.8, 4) is 50.6 Å². The number of hydrogen-bond acceptors (Lipinski definition) is 27. The minimum absolute atomic E-state index is 0.0372. The van der Waals surface area contributed by atoms with Crippen LogP contribution >= 0.6 is 41.8 Å². The number of aromatic hydroxyl groups is 1. The summed E-state index contributed by atoms with van der Waals surface area (Å²) in [6, 6.07) is 38.6. The zero-order valence-electron chi connectivity index (χ0n) is 61.6. The van der Waals surface area contributed by atoms with Gasteiger partial charge in [0.1, 0.15) is 34.1 Å². The highest BCUT2D eigenvalue weighted by Crippen LogP contribution is 2.52. The van der Waals surface area contributed by atoms with Gasteiger partial charge in [-0.25, -0.2) is 33.9 Å². The summed E-state index contributed by atoms with van der Waals surface area (Å²) >= 11 is 3.72. The highest BCUT2D eigenvalue weighted by atomic mass is 32.1. The van der Waals surface area contributed by atoms with Crippen LogP contribution in [0.2, 0.25) is 0 Å². The van der Waals surface area contributed by atoms with E-state index in [-0.39, 0.29) is 47.8 Å². The van der Waals surface area contributed by atoms with Crippen molar-refractivity contribution in [1.29, 1.82) is 0 Å². The van der Waals surface area contributed by atoms with E-state index in [9.17, 15) is 54.4 Å². The number of anilines is 5. The molecule has 0 aliphatic carbocycles. The Morgan fingerprint density at radius 2 is 0.872 bits per heavy atom. The van der Waals surface area contributed by atoms with Crippen molar-refractivity contribution in [3.63, 3.8) is 0 Å². The smallest absolute Gasteiger partial charge is 0.475 e. The monoisotopic (exact) mass is 1570 g/mol. The second kappa shape index (κ2) is 34.6. The molecule has 34 heteroatoms. The quantitative estimate of drug-likeness (QED) is 0.0121. The van der Waals surface area contributed by atoms with Crippen LogP contribution in [0.5, 0.6) is 17.2 Å². The number of nitrogen functional groups attached to an aromatic ring is 2. The van der Waals surface area contributed by atoms with E-state index in [1.807, 2.05) is 36.4 Å². The van der Waals surface area contributed by atoms with Crippen LogP contribution in [0.3, 0.4) is 0 Å². The van der Waals surface area contributed by atoms with E-state index in [0.717, 1.165) is 37.4 Å². The minimum Gasteiger partial charge on any atom is -0.507 e. The van der Waals surface area contributed by atoms with Gasteiger partial charge in [-0.3, -0.25) is 59.9 Å². The Bertz CT molecular complexity index is 5250. The molecule has 0 atom stereocenters. The molecule has 3 aromatic heterocycles. The molecule has 30 nitrogen and oxygen atoms in total. The first-order valence-electron chi connectivity index (χ1n) is 33.6. The van der Waals surface area contributed by atoms with E-state index in [1.54, 1.807) is 143 Å². The summed E-state index contributed by atoms with van der Waals surface area (Å²) in [6.45, 7) is 19.2. The molecule has 3 heterocycles. The van der Waals surface area contributed by atoms with Gasteiger partial charge in [-0.15, -0.1) is 0 Å². The first-order valence-corrected chi connectivity index (χ1v) is 37.5. The molecule has 11 aromatic rings. The van der Waals surface area contributed by atoms with Crippen LogP contribution < -0.4 is 36.9 Å². The molecule has 0 unspecified atom stereocenters. The molecule has 0 fully saturated rings. The molecule has 0 aliphatic rings. The number of thiazole rings is 3. The van der Waals surface area contributed by atoms with Crippen LogP contribution in [0, 0.1) is 30.3 Å². The molecule has 0 radical (unpaired) electrons. The summed E-state index contributed by atoms with van der Waals surface area (Å²) < 4.78 is 58.7. The van der Waals surface area contributed by atoms with Crippen molar-refractivity contribution < 1.29 is 76.1 Å². The van der Waals surface area contributed by atoms with Crippen LogP contribution in [0.15, 0.2) is 140 Å². The largest absolute Gasteiger partial charge is 0.507 e. The fourth-order valence-electron chi connectivity index (χ4n) is 11.0. The number of fused-ring (bicyclic) bond motifs is 3. The van der Waals surface area contributed by atoms with E-state index in [2.05, 4.69) is 30.9 Å². The van der Waals surface area contributed by atoms with Gasteiger partial charge in [0.2, 0.25) is 0 Å². The van der Waals surface area contributed by atoms with Gasteiger partial charge in [0.15, 0.2) is 15.4 Å². The number of phenolic OH excluding ortho intramolecular Hbond substituents is 1. The summed E-state index contributed by atoms with van der Waals surface area (Å²) in [6.07, 6.45) is -0.952. The Balaban J connectivity index is 0.000000192. The van der Waals surface area contributed by atoms with Crippen LogP contribution in [-0.2, 0) is 51.8 Å². The Morgan fingerprint density at radius 1 is 0.495 bits per heavy atom. The van der Waals surface area contributed by atoms with Gasteiger partial charge in [-0.2, -0.15) is 0 Å². The summed E-state index contributed by atoms with van der Waals surface area (Å²) in [5.41, 5.74) is 18.9. The number of carbonyl (C=O) groups is 3. The normalized spacial score (nSPS) is 11.6. The minimum atomic E-state index is -3.85. The molecule has 0 aliphatic heterocycles. The molecule has 11 rings (SSSR count). The lowest BCUT2D eigenvalue weighted by atomic mass is 9.96. The molecule has 3 amide bonds. The van der Waals surface area contributed by atoms with Crippen LogP contribution in [0.1, 0.15) is 104 Å². The molecule has 0 bridgehead atoms. The predicted molar refractivity (Wildman–Crippen MR) is 422 cm³/mol. The number of nitrogens with one attached hydrogen (secondary N) is 3. The SMILES string of the molecule is CCOP(=O)(OCC)OCc1cc2sc(NC(=O)OC(C)(C)C)nc2c(-c2cccc([N+](=O)[O-])c2)c1OC.COc1c(Cc2ccc(NC(=O)OC(C)(C)C)cc2)cc2sc(NC(=O)OC(C)(C)C)nc2c1-c1cccc([N+](=O)[O-])c1.Nc1ccc(Cc2cc3sc(N)nc3c(-c3cccc([N+](=O)[O-])c3)c2O)cc1. The van der Waals surface area contributed by atoms with Crippen molar-refractivity contribution in [3.05, 3.63) is 198 Å². The number of rotatable bonds is 22. The number of aromatic nitrogens is 3. The number of methoxy groups -OCH3 is 2. The number of carbonyl (C=O) groups excluding carboxylic acids is 3. The maximum Gasteiger partial charge on any atom is 0.475 e. The number of ether oxygens (including phenoxy) is 5. The molecular weight excluding hydrogens is 1490 g/mol. The topological polar surface area (TPSA) is 419 Å². The number of hydrogen-bond donors (Lipinski definition) is 6. The molecule has 0 saturated carbocycles. The lowest BCUT2D eigenvalue weighted by molar-refractivity contribution is -0.385. The van der Waals surface area contributed by atoms with Gasteiger partial charge in [0, 0.05) is 77.3 Å². The number of non-ortho nitro benzene ring substituents is 3. The van der Waals surface area contributed by atoms with Gasteiger partial charge >= 0.3 is 26.1 Å². The van der Waals surface area contributed by atoms with Crippen molar-refractivity contribution in [2.45, 2.75) is 112 Å². The lowest BCUT2D eigenvalue weighted by Gasteiger charge is -2.19. The number of amides is 3. The number of phosphoric ester groups is 1. The third kappa shape index (κ3) is 21.7. The number of benzene rings is 8. The zero-order valence-corrected chi connectivity index (χ0v) is 65.0. The summed E-state index contributed by atoms with van der Waals surface area (Å²) in [7, 11) is -0.882. The third-order valence-corrected chi connectivity index (χ3v) is 19.4. The second-order valence-corrected chi connectivity index (χ2v) is 31.7. The average Bonchev–Trinajstić information content (AvgIpc) is 1.70. The highest BCUT2D eigenvalue weighted by molar-refractivity contribution is 7.48. The molecule has 0 spiro atoms. The standard InChI is InChI=1S/C31H34N4O7S.C24H30N3O9PS.C20H16N4O3S/c1-30(2,3)41-28(36)32-21-13-11-18(12-14-21)15-20-17-23-25(33-27(43-23)34-29(37)42-31(4,5)6)24(26(20)40-7)19-9-8-10-22(16-19)35(38)39;1-7-33-37(31,34-8-2)35-14-16-13-18-20(25-22(38-18)26-23(28)36-24(3,4)5)19(21(16)32-6)15-10-9-11-17(12-15)27(29)30;21-14-6-4-11(5-7-14)8-13-10-16-18(23-20(22)28-16)17(19(13)25)12-2-1-3-15(9-12)24(26)27/h8-14,16-17H,15H2,1-7H3,(H,32,36)(H,33,34,37);9-13H,7-8,14H2,1-6H3,(H,25,26,28);1-7,9-10,25H,8,21H2,(H2,22,23). The van der Waals surface area contributed by atoms with Crippen molar-refractivity contribution >= 4 is 135 Å². The molecular formula is C75H80N11O19PS3. The maximum atomic E-state index is 12.9. The molecule has 0 saturated heterocycles. The van der Waals surface area contributed by atoms with Crippen molar-refractivity contribution in [1.82, 2.24) is 15.0 Å². The Labute approximate surface area is 637 Å². The predicted octanol–water partition coefficient (Wildman–Crippen LogP) is 19.4. The van der Waals surface area contributed by atoms with Gasteiger partial charge in [0.05, 0.1) is 96.2 Å². The summed E-state index contributed by atoms with van der Waals surface area (Å²) in [5.74, 6) is 0.833. The Kier molecular flexibility index (Phi) is 25.9. The van der Waals surface area contributed by atoms with Crippen LogP contribution in [0.4, 0.5) is 58.2 Å². The summed E-state index contributed by atoms with van der Waals surface area (Å²) in [4.78, 5) is 83.3. The fraction of sp³-hybridized carbons (Fsp3) is 0.280. The van der Waals surface area contributed by atoms with Gasteiger partial charge in [-0.05, 0) is 146 Å². The van der Waals surface area contributed by atoms with E-state index < -0.39 is 57.7 Å². The average molecular weight is 1570 g/mol. The molecule has 8 aromatic carbocycles. The highest BCUT2D eigenvalue weighted by Gasteiger charge is 2.30. The molecule has 572 valence electrons. The second-order valence-electron chi connectivity index (χ2n) is 26.9. The molecule has 8 N–H and O–H groups in total. The van der Waals surface area contributed by atoms with E-state index in [1.165, 1.54) is 73.3 Å². The number of phenols is 1. The lowest BCUT2D eigenvalue weighted by Crippen LogP contribution is -2.27. The van der Waals surface area contributed by atoms with Gasteiger partial charge in [0.25, 0.3) is 17.1 Å². The summed E-state index contributed by atoms with van der Waals surface area (Å²) in [5, 5.41) is 54.2. The van der Waals surface area contributed by atoms with E-state index in [4.69, 9.17) is 48.7 Å². The number of nitrogens with two attached hydrogens (primary N) is 2. The Morgan fingerprint density at radius 3 is 1.29 bits per heavy atom. The first-order chi connectivity index (χ1) is 51.4. The number of nitro benzene ring substituents is 3. The zero-order chi connectivity index (χ0) is 79.4. The Hall–Kier alpha value is -11.5. The van der Waals surface area contributed by atoms with Crippen molar-refractivity contribution in [2.24, 2.45) is 0 Å². The maximum absolute atomic E-state index is 12.9. The fourth-order valence-corrected chi connectivity index (χ4v) is 14.8. The van der Waals surface area contributed by atoms with Crippen LogP contribution in [-0.4, -0.2) is 97.3 Å². The van der Waals surface area contributed by atoms with Gasteiger partial charge in [-0.1, -0.05) is 94.7 Å².